The molecule has 1 N–H and O–H groups in total. The number of benzene rings is 1. The maximum atomic E-state index is 13.7. The summed E-state index contributed by atoms with van der Waals surface area (Å²) in [6, 6.07) is 4.46. The monoisotopic (exact) mass is 265 g/mol. The summed E-state index contributed by atoms with van der Waals surface area (Å²) in [7, 11) is 0. The van der Waals surface area contributed by atoms with Crippen LogP contribution < -0.4 is 4.90 Å². The van der Waals surface area contributed by atoms with Crippen molar-refractivity contribution in [2.24, 2.45) is 11.3 Å². The highest BCUT2D eigenvalue weighted by Gasteiger charge is 2.33. The smallest absolute Gasteiger partial charge is 0.340 e. The molecule has 0 aromatic heterocycles. The van der Waals surface area contributed by atoms with Gasteiger partial charge in [0, 0.05) is 13.1 Å². The molecule has 1 atom stereocenters. The molecule has 1 aliphatic heterocycles. The second-order valence-electron chi connectivity index (χ2n) is 6.24. The zero-order valence-electron chi connectivity index (χ0n) is 11.6. The molecule has 19 heavy (non-hydrogen) atoms. The quantitative estimate of drug-likeness (QED) is 0.891. The Morgan fingerprint density at radius 3 is 2.63 bits per heavy atom. The topological polar surface area (TPSA) is 40.5 Å². The van der Waals surface area contributed by atoms with E-state index in [9.17, 15) is 9.18 Å². The predicted molar refractivity (Wildman–Crippen MR) is 73.1 cm³/mol. The molecule has 0 aliphatic carbocycles. The third kappa shape index (κ3) is 2.72. The van der Waals surface area contributed by atoms with Gasteiger partial charge in [0.05, 0.1) is 5.69 Å². The highest BCUT2D eigenvalue weighted by atomic mass is 19.1. The zero-order chi connectivity index (χ0) is 14.2. The minimum atomic E-state index is -1.20. The molecule has 1 aromatic carbocycles. The van der Waals surface area contributed by atoms with Crippen molar-refractivity contribution in [3.05, 3.63) is 29.6 Å². The summed E-state index contributed by atoms with van der Waals surface area (Å²) in [4.78, 5) is 13.2. The van der Waals surface area contributed by atoms with E-state index in [0.717, 1.165) is 19.5 Å². The van der Waals surface area contributed by atoms with Crippen molar-refractivity contribution in [1.29, 1.82) is 0 Å². The van der Waals surface area contributed by atoms with Crippen LogP contribution >= 0.6 is 0 Å². The number of carbonyl (C=O) groups is 1. The zero-order valence-corrected chi connectivity index (χ0v) is 11.6. The average Bonchev–Trinajstić information content (AvgIpc) is 2.76. The maximum Gasteiger partial charge on any atom is 0.340 e. The highest BCUT2D eigenvalue weighted by Crippen LogP contribution is 2.36. The molecule has 2 rings (SSSR count). The Labute approximate surface area is 113 Å². The van der Waals surface area contributed by atoms with Crippen LogP contribution in [-0.4, -0.2) is 24.2 Å². The van der Waals surface area contributed by atoms with Crippen molar-refractivity contribution < 1.29 is 14.3 Å². The van der Waals surface area contributed by atoms with Crippen molar-refractivity contribution in [1.82, 2.24) is 0 Å². The lowest BCUT2D eigenvalue weighted by Gasteiger charge is -2.28. The van der Waals surface area contributed by atoms with Gasteiger partial charge in [-0.05, 0) is 29.9 Å². The molecule has 0 spiro atoms. The Balaban J connectivity index is 2.30. The SMILES string of the molecule is CC(C)(C)C1CCN(c2cccc(F)c2C(=O)O)C1. The number of nitrogens with zero attached hydrogens (tertiary/aromatic N) is 1. The summed E-state index contributed by atoms with van der Waals surface area (Å²) in [5, 5.41) is 9.17. The summed E-state index contributed by atoms with van der Waals surface area (Å²) in [5.74, 6) is -1.37. The molecule has 1 heterocycles. The van der Waals surface area contributed by atoms with Crippen molar-refractivity contribution in [2.45, 2.75) is 27.2 Å². The minimum absolute atomic E-state index is 0.186. The molecule has 0 saturated carbocycles. The van der Waals surface area contributed by atoms with Gasteiger partial charge in [0.2, 0.25) is 0 Å². The fraction of sp³-hybridized carbons (Fsp3) is 0.533. The van der Waals surface area contributed by atoms with Crippen LogP contribution in [0.4, 0.5) is 10.1 Å². The molecule has 0 bridgehead atoms. The van der Waals surface area contributed by atoms with Gasteiger partial charge in [-0.1, -0.05) is 26.8 Å². The lowest BCUT2D eigenvalue weighted by molar-refractivity contribution is 0.0692. The second kappa shape index (κ2) is 4.83. The van der Waals surface area contributed by atoms with E-state index >= 15 is 0 Å². The van der Waals surface area contributed by atoms with Crippen LogP contribution in [-0.2, 0) is 0 Å². The van der Waals surface area contributed by atoms with Gasteiger partial charge in [0.1, 0.15) is 11.4 Å². The van der Waals surface area contributed by atoms with Crippen LogP contribution in [0.5, 0.6) is 0 Å². The van der Waals surface area contributed by atoms with Crippen molar-refractivity contribution in [3.8, 4) is 0 Å². The Morgan fingerprint density at radius 1 is 1.42 bits per heavy atom. The maximum absolute atomic E-state index is 13.7. The normalized spacial score (nSPS) is 19.8. The number of carboxylic acid groups (broad SMARTS) is 1. The van der Waals surface area contributed by atoms with Crippen LogP contribution in [0.25, 0.3) is 0 Å². The summed E-state index contributed by atoms with van der Waals surface area (Å²) in [5.41, 5.74) is 0.474. The molecule has 1 fully saturated rings. The largest absolute Gasteiger partial charge is 0.478 e. The van der Waals surface area contributed by atoms with E-state index in [1.807, 2.05) is 4.90 Å². The van der Waals surface area contributed by atoms with E-state index in [2.05, 4.69) is 20.8 Å². The first-order valence-electron chi connectivity index (χ1n) is 6.57. The molecule has 0 amide bonds. The molecule has 1 saturated heterocycles. The first-order chi connectivity index (χ1) is 8.80. The molecule has 1 aliphatic rings. The standard InChI is InChI=1S/C15H20FNO2/c1-15(2,3)10-7-8-17(9-10)12-6-4-5-11(16)13(12)14(18)19/h4-6,10H,7-9H2,1-3H3,(H,18,19). The molecule has 1 unspecified atom stereocenters. The van der Waals surface area contributed by atoms with Gasteiger partial charge in [0.15, 0.2) is 0 Å². The Hall–Kier alpha value is -1.58. The van der Waals surface area contributed by atoms with Crippen LogP contribution in [0.15, 0.2) is 18.2 Å². The van der Waals surface area contributed by atoms with E-state index in [4.69, 9.17) is 5.11 Å². The molecular formula is C15H20FNO2. The van der Waals surface area contributed by atoms with Gasteiger partial charge in [0.25, 0.3) is 0 Å². The molecule has 0 radical (unpaired) electrons. The molecule has 4 heteroatoms. The number of rotatable bonds is 2. The minimum Gasteiger partial charge on any atom is -0.478 e. The third-order valence-electron chi connectivity index (χ3n) is 3.96. The van der Waals surface area contributed by atoms with Gasteiger partial charge in [-0.25, -0.2) is 9.18 Å². The van der Waals surface area contributed by atoms with Gasteiger partial charge in [-0.2, -0.15) is 0 Å². The molecule has 1 aromatic rings. The van der Waals surface area contributed by atoms with E-state index < -0.39 is 11.8 Å². The number of aromatic carboxylic acids is 1. The number of anilines is 1. The number of hydrogen-bond acceptors (Lipinski definition) is 2. The summed E-state index contributed by atoms with van der Waals surface area (Å²) < 4.78 is 13.7. The van der Waals surface area contributed by atoms with E-state index in [1.54, 1.807) is 12.1 Å². The number of halogens is 1. The summed E-state index contributed by atoms with van der Waals surface area (Å²) >= 11 is 0. The second-order valence-corrected chi connectivity index (χ2v) is 6.24. The first kappa shape index (κ1) is 13.8. The summed E-state index contributed by atoms with van der Waals surface area (Å²) in [6.07, 6.45) is 1.01. The number of carboxylic acids is 1. The lowest BCUT2D eigenvalue weighted by atomic mass is 9.80. The van der Waals surface area contributed by atoms with Crippen LogP contribution in [0, 0.1) is 17.2 Å². The molecule has 3 nitrogen and oxygen atoms in total. The Kier molecular flexibility index (Phi) is 3.52. The van der Waals surface area contributed by atoms with Crippen LogP contribution in [0.2, 0.25) is 0 Å². The Morgan fingerprint density at radius 2 is 2.11 bits per heavy atom. The van der Waals surface area contributed by atoms with E-state index in [-0.39, 0.29) is 11.0 Å². The Bertz CT molecular complexity index is 493. The lowest BCUT2D eigenvalue weighted by Crippen LogP contribution is -2.27. The highest BCUT2D eigenvalue weighted by molar-refractivity contribution is 5.94. The van der Waals surface area contributed by atoms with Crippen molar-refractivity contribution in [3.63, 3.8) is 0 Å². The molecule has 104 valence electrons. The van der Waals surface area contributed by atoms with Crippen molar-refractivity contribution in [2.75, 3.05) is 18.0 Å². The number of hydrogen-bond donors (Lipinski definition) is 1. The van der Waals surface area contributed by atoms with Crippen LogP contribution in [0.3, 0.4) is 0 Å². The fourth-order valence-electron chi connectivity index (χ4n) is 2.67. The average molecular weight is 265 g/mol. The molecular weight excluding hydrogens is 245 g/mol. The summed E-state index contributed by atoms with van der Waals surface area (Å²) in [6.45, 7) is 8.12. The first-order valence-corrected chi connectivity index (χ1v) is 6.57. The fourth-order valence-corrected chi connectivity index (χ4v) is 2.67. The van der Waals surface area contributed by atoms with Gasteiger partial charge < -0.3 is 10.0 Å². The van der Waals surface area contributed by atoms with Crippen molar-refractivity contribution >= 4 is 11.7 Å². The van der Waals surface area contributed by atoms with Gasteiger partial charge in [-0.3, -0.25) is 0 Å². The van der Waals surface area contributed by atoms with E-state index in [0.29, 0.717) is 11.6 Å². The van der Waals surface area contributed by atoms with Gasteiger partial charge in [-0.15, -0.1) is 0 Å². The third-order valence-corrected chi connectivity index (χ3v) is 3.96. The van der Waals surface area contributed by atoms with Gasteiger partial charge >= 0.3 is 5.97 Å². The predicted octanol–water partition coefficient (Wildman–Crippen LogP) is 3.40. The van der Waals surface area contributed by atoms with Crippen LogP contribution in [0.1, 0.15) is 37.6 Å². The van der Waals surface area contributed by atoms with E-state index in [1.165, 1.54) is 6.07 Å².